The van der Waals surface area contributed by atoms with Crippen molar-refractivity contribution in [3.63, 3.8) is 0 Å². The molecule has 0 unspecified atom stereocenters. The second-order valence-electron chi connectivity index (χ2n) is 7.25. The Morgan fingerprint density at radius 3 is 2.59 bits per heavy atom. The van der Waals surface area contributed by atoms with Crippen LogP contribution in [0.2, 0.25) is 0 Å². The van der Waals surface area contributed by atoms with Crippen LogP contribution in [-0.4, -0.2) is 32.6 Å². The predicted molar refractivity (Wildman–Crippen MR) is 109 cm³/mol. The molecule has 3 aromatic rings. The summed E-state index contributed by atoms with van der Waals surface area (Å²) >= 11 is 0. The van der Waals surface area contributed by atoms with E-state index in [1.54, 1.807) is 0 Å². The van der Waals surface area contributed by atoms with Gasteiger partial charge in [-0.2, -0.15) is 5.10 Å². The average Bonchev–Trinajstić information content (AvgIpc) is 3.05. The Morgan fingerprint density at radius 1 is 1.22 bits per heavy atom. The fraction of sp³-hybridized carbons (Fsp3) is 0.476. The smallest absolute Gasteiger partial charge is 0.220 e. The molecule has 0 fully saturated rings. The number of carbonyl (C=O) groups excluding carboxylic acids is 1. The number of hydrogen-bond acceptors (Lipinski definition) is 4. The van der Waals surface area contributed by atoms with Crippen LogP contribution in [0.15, 0.2) is 24.3 Å². The van der Waals surface area contributed by atoms with E-state index in [-0.39, 0.29) is 11.4 Å². The van der Waals surface area contributed by atoms with Gasteiger partial charge in [-0.3, -0.25) is 4.79 Å². The number of hydrogen-bond donors (Lipinski definition) is 2. The molecule has 3 rings (SSSR count). The quantitative estimate of drug-likeness (QED) is 0.672. The minimum Gasteiger partial charge on any atom is -0.349 e. The summed E-state index contributed by atoms with van der Waals surface area (Å²) in [6.07, 6.45) is 2.71. The largest absolute Gasteiger partial charge is 0.349 e. The summed E-state index contributed by atoms with van der Waals surface area (Å²) in [5, 5.41) is 8.87. The lowest BCUT2D eigenvalue weighted by atomic mass is 9.92. The van der Waals surface area contributed by atoms with E-state index in [4.69, 9.17) is 10.7 Å². The van der Waals surface area contributed by atoms with E-state index in [0.717, 1.165) is 46.3 Å². The lowest BCUT2D eigenvalue weighted by molar-refractivity contribution is -0.123. The van der Waals surface area contributed by atoms with Crippen molar-refractivity contribution in [2.45, 2.75) is 58.9 Å². The molecule has 0 atom stereocenters. The number of aryl methyl sites for hydroxylation is 2. The van der Waals surface area contributed by atoms with Crippen molar-refractivity contribution in [3.05, 3.63) is 41.2 Å². The van der Waals surface area contributed by atoms with E-state index in [2.05, 4.69) is 24.3 Å². The molecule has 0 spiro atoms. The van der Waals surface area contributed by atoms with Crippen LogP contribution in [0.3, 0.4) is 0 Å². The molecule has 2 aromatic heterocycles. The molecule has 0 radical (unpaired) electrons. The maximum absolute atomic E-state index is 12.5. The minimum atomic E-state index is -0.302. The summed E-state index contributed by atoms with van der Waals surface area (Å²) in [7, 11) is 0. The van der Waals surface area contributed by atoms with Gasteiger partial charge in [0, 0.05) is 29.7 Å². The lowest BCUT2D eigenvalue weighted by Gasteiger charge is -2.31. The number of carbonyl (C=O) groups is 1. The Kier molecular flexibility index (Phi) is 5.46. The van der Waals surface area contributed by atoms with Crippen LogP contribution in [0.25, 0.3) is 16.6 Å². The standard InChI is InChI=1S/C21H29N5O/c1-5-21(6-2,13-22)24-19(27)12-11-16-14(3)23-20-17-9-7-8-10-18(17)25-26(20)15(16)4/h7-10H,5-6,11-13,22H2,1-4H3,(H,24,27). The van der Waals surface area contributed by atoms with Crippen molar-refractivity contribution in [2.75, 3.05) is 6.54 Å². The molecule has 1 amide bonds. The number of fused-ring (bicyclic) bond motifs is 3. The van der Waals surface area contributed by atoms with Gasteiger partial charge >= 0.3 is 0 Å². The fourth-order valence-electron chi connectivity index (χ4n) is 3.70. The van der Waals surface area contributed by atoms with E-state index in [0.29, 0.717) is 19.4 Å². The highest BCUT2D eigenvalue weighted by molar-refractivity contribution is 5.92. The number of aromatic nitrogens is 3. The summed E-state index contributed by atoms with van der Waals surface area (Å²) in [6.45, 7) is 8.63. The first-order valence-electron chi connectivity index (χ1n) is 9.69. The molecule has 0 aliphatic rings. The lowest BCUT2D eigenvalue weighted by Crippen LogP contribution is -2.52. The highest BCUT2D eigenvalue weighted by Gasteiger charge is 2.26. The molecule has 0 bridgehead atoms. The average molecular weight is 367 g/mol. The molecule has 144 valence electrons. The first-order chi connectivity index (χ1) is 12.9. The molecule has 27 heavy (non-hydrogen) atoms. The molecule has 2 heterocycles. The normalized spacial score (nSPS) is 12.0. The zero-order valence-electron chi connectivity index (χ0n) is 16.7. The van der Waals surface area contributed by atoms with E-state index in [1.807, 2.05) is 42.6 Å². The van der Waals surface area contributed by atoms with Crippen molar-refractivity contribution >= 4 is 22.5 Å². The third kappa shape index (κ3) is 3.54. The maximum Gasteiger partial charge on any atom is 0.220 e. The van der Waals surface area contributed by atoms with E-state index in [1.165, 1.54) is 0 Å². The van der Waals surface area contributed by atoms with Gasteiger partial charge in [0.05, 0.1) is 11.1 Å². The van der Waals surface area contributed by atoms with Gasteiger partial charge < -0.3 is 11.1 Å². The summed E-state index contributed by atoms with van der Waals surface area (Å²) in [4.78, 5) is 17.3. The zero-order chi connectivity index (χ0) is 19.6. The van der Waals surface area contributed by atoms with Crippen molar-refractivity contribution in [2.24, 2.45) is 5.73 Å². The van der Waals surface area contributed by atoms with Gasteiger partial charge in [0.2, 0.25) is 5.91 Å². The minimum absolute atomic E-state index is 0.0358. The van der Waals surface area contributed by atoms with E-state index >= 15 is 0 Å². The Morgan fingerprint density at radius 2 is 1.93 bits per heavy atom. The summed E-state index contributed by atoms with van der Waals surface area (Å²) in [5.41, 5.74) is 10.5. The third-order valence-corrected chi connectivity index (χ3v) is 5.77. The molecule has 0 aliphatic carbocycles. The van der Waals surface area contributed by atoms with E-state index in [9.17, 15) is 4.79 Å². The van der Waals surface area contributed by atoms with Crippen molar-refractivity contribution in [3.8, 4) is 0 Å². The molecule has 6 nitrogen and oxygen atoms in total. The topological polar surface area (TPSA) is 85.3 Å². The molecular formula is C21H29N5O. The van der Waals surface area contributed by atoms with E-state index < -0.39 is 0 Å². The van der Waals surface area contributed by atoms with Crippen LogP contribution < -0.4 is 11.1 Å². The zero-order valence-corrected chi connectivity index (χ0v) is 16.7. The van der Waals surface area contributed by atoms with Gasteiger partial charge in [-0.15, -0.1) is 0 Å². The van der Waals surface area contributed by atoms with Crippen LogP contribution in [0.5, 0.6) is 0 Å². The first-order valence-corrected chi connectivity index (χ1v) is 9.69. The van der Waals surface area contributed by atoms with Gasteiger partial charge in [0.1, 0.15) is 0 Å². The number of nitrogens with two attached hydrogens (primary N) is 1. The van der Waals surface area contributed by atoms with Gasteiger partial charge in [0.25, 0.3) is 0 Å². The summed E-state index contributed by atoms with van der Waals surface area (Å²) in [5.74, 6) is 0.0358. The monoisotopic (exact) mass is 367 g/mol. The molecule has 1 aromatic carbocycles. The number of amides is 1. The fourth-order valence-corrected chi connectivity index (χ4v) is 3.70. The Labute approximate surface area is 160 Å². The second-order valence-corrected chi connectivity index (χ2v) is 7.25. The predicted octanol–water partition coefficient (Wildman–Crippen LogP) is 3.07. The van der Waals surface area contributed by atoms with Crippen LogP contribution >= 0.6 is 0 Å². The third-order valence-electron chi connectivity index (χ3n) is 5.77. The summed E-state index contributed by atoms with van der Waals surface area (Å²) in [6, 6.07) is 8.01. The van der Waals surface area contributed by atoms with Crippen molar-refractivity contribution in [1.82, 2.24) is 19.9 Å². The van der Waals surface area contributed by atoms with Gasteiger partial charge in [0.15, 0.2) is 5.65 Å². The number of rotatable bonds is 7. The number of nitrogens with zero attached hydrogens (tertiary/aromatic N) is 3. The van der Waals surface area contributed by atoms with Crippen LogP contribution in [-0.2, 0) is 11.2 Å². The number of benzene rings is 1. The molecular weight excluding hydrogens is 338 g/mol. The highest BCUT2D eigenvalue weighted by Crippen LogP contribution is 2.23. The van der Waals surface area contributed by atoms with Gasteiger partial charge in [-0.25, -0.2) is 9.50 Å². The second kappa shape index (κ2) is 7.64. The van der Waals surface area contributed by atoms with Crippen LogP contribution in [0.1, 0.15) is 50.1 Å². The van der Waals surface area contributed by atoms with Gasteiger partial charge in [-0.1, -0.05) is 26.0 Å². The van der Waals surface area contributed by atoms with Crippen molar-refractivity contribution in [1.29, 1.82) is 0 Å². The molecule has 0 aliphatic heterocycles. The molecule has 3 N–H and O–H groups in total. The van der Waals surface area contributed by atoms with Crippen LogP contribution in [0.4, 0.5) is 0 Å². The Balaban J connectivity index is 1.85. The maximum atomic E-state index is 12.5. The molecule has 0 saturated heterocycles. The molecule has 6 heteroatoms. The van der Waals surface area contributed by atoms with Crippen LogP contribution in [0, 0.1) is 13.8 Å². The van der Waals surface area contributed by atoms with Crippen molar-refractivity contribution < 1.29 is 4.79 Å². The number of nitrogens with one attached hydrogen (secondary N) is 1. The summed E-state index contributed by atoms with van der Waals surface area (Å²) < 4.78 is 1.90. The Hall–Kier alpha value is -2.47. The molecule has 0 saturated carbocycles. The van der Waals surface area contributed by atoms with Gasteiger partial charge in [-0.05, 0) is 50.8 Å². The highest BCUT2D eigenvalue weighted by atomic mass is 16.1. The Bertz CT molecular complexity index is 963. The first kappa shape index (κ1) is 19.3. The SMILES string of the molecule is CCC(CC)(CN)NC(=O)CCc1c(C)nc2c3ccccc3nn2c1C.